The first-order valence-electron chi connectivity index (χ1n) is 8.64. The number of nitrogens with one attached hydrogen (secondary N) is 1. The molecule has 0 aliphatic carbocycles. The van der Waals surface area contributed by atoms with Crippen molar-refractivity contribution in [3.8, 4) is 0 Å². The predicted octanol–water partition coefficient (Wildman–Crippen LogP) is 0.984. The van der Waals surface area contributed by atoms with Gasteiger partial charge in [0.25, 0.3) is 0 Å². The lowest BCUT2D eigenvalue weighted by molar-refractivity contribution is 0.116. The predicted molar refractivity (Wildman–Crippen MR) is 93.7 cm³/mol. The number of hydrogen-bond acceptors (Lipinski definition) is 5. The lowest BCUT2D eigenvalue weighted by Gasteiger charge is -2.26. The molecule has 0 bridgehead atoms. The summed E-state index contributed by atoms with van der Waals surface area (Å²) < 4.78 is 1.99. The van der Waals surface area contributed by atoms with Crippen LogP contribution in [0.15, 0.2) is 30.3 Å². The van der Waals surface area contributed by atoms with E-state index in [0.717, 1.165) is 37.6 Å². The summed E-state index contributed by atoms with van der Waals surface area (Å²) in [5, 5.41) is 18.2. The molecule has 3 rings (SSSR count). The zero-order valence-corrected chi connectivity index (χ0v) is 14.5. The lowest BCUT2D eigenvalue weighted by atomic mass is 10.1. The van der Waals surface area contributed by atoms with E-state index in [4.69, 9.17) is 0 Å². The van der Waals surface area contributed by atoms with E-state index < -0.39 is 0 Å². The van der Waals surface area contributed by atoms with E-state index in [-0.39, 0.29) is 6.10 Å². The fraction of sp³-hybridized carbons (Fsp3) is 0.556. The summed E-state index contributed by atoms with van der Waals surface area (Å²) in [7, 11) is 2.04. The SMILES string of the molecule is Cc1nc2n(n1)CC(NCC(O)CN(C)Cc1ccccc1)CC2. The van der Waals surface area contributed by atoms with Crippen LogP contribution in [0.4, 0.5) is 0 Å². The maximum atomic E-state index is 10.3. The molecular weight excluding hydrogens is 302 g/mol. The van der Waals surface area contributed by atoms with Crippen molar-refractivity contribution in [1.82, 2.24) is 25.0 Å². The molecule has 1 aliphatic rings. The zero-order chi connectivity index (χ0) is 16.9. The van der Waals surface area contributed by atoms with Gasteiger partial charge in [-0.2, -0.15) is 5.10 Å². The van der Waals surface area contributed by atoms with Crippen LogP contribution in [0, 0.1) is 6.92 Å². The third-order valence-electron chi connectivity index (χ3n) is 4.42. The van der Waals surface area contributed by atoms with Crippen LogP contribution in [-0.4, -0.2) is 57.1 Å². The Bertz CT molecular complexity index is 642. The summed E-state index contributed by atoms with van der Waals surface area (Å²) in [6.07, 6.45) is 1.62. The minimum atomic E-state index is -0.377. The van der Waals surface area contributed by atoms with Crippen molar-refractivity contribution in [2.24, 2.45) is 0 Å². The Morgan fingerprint density at radius 2 is 2.17 bits per heavy atom. The third-order valence-corrected chi connectivity index (χ3v) is 4.42. The number of aliphatic hydroxyl groups is 1. The number of rotatable bonds is 7. The Hall–Kier alpha value is -1.76. The molecule has 130 valence electrons. The minimum absolute atomic E-state index is 0.354. The zero-order valence-electron chi connectivity index (χ0n) is 14.5. The van der Waals surface area contributed by atoms with E-state index >= 15 is 0 Å². The van der Waals surface area contributed by atoms with E-state index in [1.807, 2.05) is 36.9 Å². The summed E-state index contributed by atoms with van der Waals surface area (Å²) in [6, 6.07) is 10.7. The molecule has 2 heterocycles. The number of likely N-dealkylation sites (N-methyl/N-ethyl adjacent to an activating group) is 1. The summed E-state index contributed by atoms with van der Waals surface area (Å²) in [4.78, 5) is 6.58. The van der Waals surface area contributed by atoms with Crippen LogP contribution in [0.25, 0.3) is 0 Å². The first kappa shape index (κ1) is 17.1. The summed E-state index contributed by atoms with van der Waals surface area (Å²) in [5.41, 5.74) is 1.27. The molecule has 0 fully saturated rings. The molecule has 0 amide bonds. The van der Waals surface area contributed by atoms with Crippen molar-refractivity contribution in [2.45, 2.75) is 45.0 Å². The van der Waals surface area contributed by atoms with Gasteiger partial charge in [-0.05, 0) is 26.0 Å². The van der Waals surface area contributed by atoms with Crippen molar-refractivity contribution in [1.29, 1.82) is 0 Å². The van der Waals surface area contributed by atoms with Gasteiger partial charge >= 0.3 is 0 Å². The first-order valence-corrected chi connectivity index (χ1v) is 8.64. The van der Waals surface area contributed by atoms with Gasteiger partial charge in [-0.25, -0.2) is 9.67 Å². The Morgan fingerprint density at radius 1 is 1.38 bits per heavy atom. The minimum Gasteiger partial charge on any atom is -0.390 e. The molecule has 2 unspecified atom stereocenters. The van der Waals surface area contributed by atoms with Crippen LogP contribution < -0.4 is 5.32 Å². The molecule has 2 aromatic rings. The lowest BCUT2D eigenvalue weighted by Crippen LogP contribution is -2.44. The molecule has 0 spiro atoms. The van der Waals surface area contributed by atoms with Gasteiger partial charge in [-0.15, -0.1) is 0 Å². The van der Waals surface area contributed by atoms with Gasteiger partial charge in [0.2, 0.25) is 0 Å². The van der Waals surface area contributed by atoms with Gasteiger partial charge in [-0.3, -0.25) is 4.90 Å². The van der Waals surface area contributed by atoms with Crippen LogP contribution in [-0.2, 0) is 19.5 Å². The normalized spacial score (nSPS) is 18.6. The highest BCUT2D eigenvalue weighted by molar-refractivity contribution is 5.14. The Morgan fingerprint density at radius 3 is 2.96 bits per heavy atom. The highest BCUT2D eigenvalue weighted by Gasteiger charge is 2.21. The molecule has 1 aromatic carbocycles. The van der Waals surface area contributed by atoms with Crippen molar-refractivity contribution in [2.75, 3.05) is 20.1 Å². The van der Waals surface area contributed by atoms with Crippen molar-refractivity contribution in [3.05, 3.63) is 47.5 Å². The van der Waals surface area contributed by atoms with Gasteiger partial charge in [0.15, 0.2) is 0 Å². The average Bonchev–Trinajstić information content (AvgIpc) is 2.93. The quantitative estimate of drug-likeness (QED) is 0.793. The Balaban J connectivity index is 1.40. The summed E-state index contributed by atoms with van der Waals surface area (Å²) >= 11 is 0. The molecule has 6 heteroatoms. The molecule has 24 heavy (non-hydrogen) atoms. The number of benzene rings is 1. The smallest absolute Gasteiger partial charge is 0.147 e. The van der Waals surface area contributed by atoms with E-state index in [2.05, 4.69) is 32.4 Å². The van der Waals surface area contributed by atoms with Crippen LogP contribution in [0.2, 0.25) is 0 Å². The number of hydrogen-bond donors (Lipinski definition) is 2. The molecule has 2 atom stereocenters. The van der Waals surface area contributed by atoms with Gasteiger partial charge in [0, 0.05) is 32.1 Å². The van der Waals surface area contributed by atoms with Gasteiger partial charge in [-0.1, -0.05) is 30.3 Å². The van der Waals surface area contributed by atoms with E-state index in [1.54, 1.807) is 0 Å². The number of aryl methyl sites for hydroxylation is 2. The van der Waals surface area contributed by atoms with E-state index in [9.17, 15) is 5.11 Å². The van der Waals surface area contributed by atoms with Crippen molar-refractivity contribution >= 4 is 0 Å². The molecule has 1 aromatic heterocycles. The second-order valence-corrected chi connectivity index (χ2v) is 6.74. The molecular formula is C18H27N5O. The summed E-state index contributed by atoms with van der Waals surface area (Å²) in [6.45, 7) is 4.88. The van der Waals surface area contributed by atoms with Gasteiger partial charge in [0.05, 0.1) is 12.6 Å². The number of aliphatic hydroxyl groups excluding tert-OH is 1. The fourth-order valence-corrected chi connectivity index (χ4v) is 3.29. The third kappa shape index (κ3) is 4.63. The van der Waals surface area contributed by atoms with E-state index in [1.165, 1.54) is 5.56 Å². The first-order chi connectivity index (χ1) is 11.6. The highest BCUT2D eigenvalue weighted by Crippen LogP contribution is 2.12. The maximum absolute atomic E-state index is 10.3. The molecule has 0 saturated heterocycles. The second kappa shape index (κ2) is 7.88. The molecule has 6 nitrogen and oxygen atoms in total. The molecule has 0 saturated carbocycles. The van der Waals surface area contributed by atoms with Gasteiger partial charge < -0.3 is 10.4 Å². The van der Waals surface area contributed by atoms with Crippen LogP contribution >= 0.6 is 0 Å². The Kier molecular flexibility index (Phi) is 5.60. The van der Waals surface area contributed by atoms with Crippen molar-refractivity contribution in [3.63, 3.8) is 0 Å². The van der Waals surface area contributed by atoms with Crippen LogP contribution in [0.1, 0.15) is 23.6 Å². The second-order valence-electron chi connectivity index (χ2n) is 6.74. The number of aromatic nitrogens is 3. The van der Waals surface area contributed by atoms with Crippen LogP contribution in [0.3, 0.4) is 0 Å². The standard InChI is InChI=1S/C18H27N5O/c1-14-20-18-9-8-16(12-23(18)21-14)19-10-17(24)13-22(2)11-15-6-4-3-5-7-15/h3-7,16-17,19,24H,8-13H2,1-2H3. The molecule has 0 radical (unpaired) electrons. The summed E-state index contributed by atoms with van der Waals surface area (Å²) in [5.74, 6) is 1.92. The molecule has 2 N–H and O–H groups in total. The number of nitrogens with zero attached hydrogens (tertiary/aromatic N) is 4. The largest absolute Gasteiger partial charge is 0.390 e. The molecule has 1 aliphatic heterocycles. The van der Waals surface area contributed by atoms with Crippen LogP contribution in [0.5, 0.6) is 0 Å². The topological polar surface area (TPSA) is 66.2 Å². The van der Waals surface area contributed by atoms with Gasteiger partial charge in [0.1, 0.15) is 11.6 Å². The van der Waals surface area contributed by atoms with E-state index in [0.29, 0.717) is 19.1 Å². The number of fused-ring (bicyclic) bond motifs is 1. The fourth-order valence-electron chi connectivity index (χ4n) is 3.29. The highest BCUT2D eigenvalue weighted by atomic mass is 16.3. The van der Waals surface area contributed by atoms with Crippen molar-refractivity contribution < 1.29 is 5.11 Å². The monoisotopic (exact) mass is 329 g/mol. The maximum Gasteiger partial charge on any atom is 0.147 e. The Labute approximate surface area is 143 Å². The average molecular weight is 329 g/mol.